The number of hydrogen-bond donors (Lipinski definition) is 1. The Morgan fingerprint density at radius 2 is 1.95 bits per heavy atom. The molecule has 0 saturated heterocycles. The van der Waals surface area contributed by atoms with Crippen molar-refractivity contribution in [2.75, 3.05) is 0 Å². The van der Waals surface area contributed by atoms with Crippen molar-refractivity contribution in [3.63, 3.8) is 0 Å². The predicted octanol–water partition coefficient (Wildman–Crippen LogP) is 2.82. The zero-order valence-corrected chi connectivity index (χ0v) is 12.2. The van der Waals surface area contributed by atoms with Gasteiger partial charge in [0.1, 0.15) is 0 Å². The molecule has 5 heteroatoms. The topological polar surface area (TPSA) is 60.9 Å². The van der Waals surface area contributed by atoms with Crippen LogP contribution in [0.1, 0.15) is 5.56 Å². The van der Waals surface area contributed by atoms with Gasteiger partial charge in [0.15, 0.2) is 0 Å². The van der Waals surface area contributed by atoms with Crippen molar-refractivity contribution in [1.29, 1.82) is 0 Å². The first-order chi connectivity index (χ1) is 9.63. The molecule has 20 heavy (non-hydrogen) atoms. The third-order valence-corrected chi connectivity index (χ3v) is 3.60. The first-order valence-corrected chi connectivity index (χ1v) is 6.94. The van der Waals surface area contributed by atoms with Gasteiger partial charge in [-0.05, 0) is 29.8 Å². The molecule has 2 aromatic carbocycles. The van der Waals surface area contributed by atoms with Crippen molar-refractivity contribution in [2.45, 2.75) is 6.42 Å². The van der Waals surface area contributed by atoms with Gasteiger partial charge >= 0.3 is 0 Å². The molecule has 1 amide bonds. The summed E-state index contributed by atoms with van der Waals surface area (Å²) >= 11 is 3.41. The summed E-state index contributed by atoms with van der Waals surface area (Å²) < 4.78 is 2.83. The Bertz CT molecular complexity index is 777. The van der Waals surface area contributed by atoms with Crippen LogP contribution in [0.2, 0.25) is 0 Å². The molecule has 1 heterocycles. The fourth-order valence-corrected chi connectivity index (χ4v) is 2.43. The molecule has 1 aromatic heterocycles. The van der Waals surface area contributed by atoms with Gasteiger partial charge in [-0.3, -0.25) is 4.79 Å². The average Bonchev–Trinajstić information content (AvgIpc) is 2.84. The number of halogens is 1. The van der Waals surface area contributed by atoms with Gasteiger partial charge in [0.05, 0.1) is 17.6 Å². The zero-order valence-electron chi connectivity index (χ0n) is 10.6. The number of carbonyl (C=O) groups excluding carboxylic acids is 1. The van der Waals surface area contributed by atoms with Crippen LogP contribution in [0, 0.1) is 0 Å². The minimum absolute atomic E-state index is 0.203. The number of carbonyl (C=O) groups is 1. The van der Waals surface area contributed by atoms with Gasteiger partial charge in [-0.15, -0.1) is 0 Å². The molecule has 0 aliphatic heterocycles. The number of nitrogens with zero attached hydrogens (tertiary/aromatic N) is 2. The van der Waals surface area contributed by atoms with Gasteiger partial charge in [0.2, 0.25) is 5.91 Å². The molecule has 0 aliphatic carbocycles. The quantitative estimate of drug-likeness (QED) is 0.803. The molecule has 3 aromatic rings. The molecule has 100 valence electrons. The maximum absolute atomic E-state index is 11.1. The van der Waals surface area contributed by atoms with E-state index in [1.54, 1.807) is 0 Å². The van der Waals surface area contributed by atoms with Crippen LogP contribution < -0.4 is 5.73 Å². The van der Waals surface area contributed by atoms with Crippen LogP contribution in [0.4, 0.5) is 0 Å². The molecule has 2 N–H and O–H groups in total. The molecular weight excluding hydrogens is 318 g/mol. The second kappa shape index (κ2) is 5.09. The van der Waals surface area contributed by atoms with E-state index in [2.05, 4.69) is 21.0 Å². The molecule has 0 fully saturated rings. The smallest absolute Gasteiger partial charge is 0.221 e. The predicted molar refractivity (Wildman–Crippen MR) is 81.7 cm³/mol. The number of fused-ring (bicyclic) bond motifs is 1. The van der Waals surface area contributed by atoms with E-state index in [1.807, 2.05) is 53.3 Å². The van der Waals surface area contributed by atoms with Crippen LogP contribution in [0.3, 0.4) is 0 Å². The molecular formula is C15H12BrN3O. The van der Waals surface area contributed by atoms with E-state index in [0.717, 1.165) is 26.6 Å². The summed E-state index contributed by atoms with van der Waals surface area (Å²) in [5.41, 5.74) is 7.91. The van der Waals surface area contributed by atoms with Crippen LogP contribution in [-0.4, -0.2) is 15.7 Å². The highest BCUT2D eigenvalue weighted by Crippen LogP contribution is 2.21. The fourth-order valence-electron chi connectivity index (χ4n) is 2.16. The average molecular weight is 330 g/mol. The highest BCUT2D eigenvalue weighted by molar-refractivity contribution is 9.10. The SMILES string of the molecule is NC(=O)Cc1cccc2cn(-c3ccc(Br)cc3)nc12. The summed E-state index contributed by atoms with van der Waals surface area (Å²) in [6, 6.07) is 13.6. The lowest BCUT2D eigenvalue weighted by Gasteiger charge is -2.00. The van der Waals surface area contributed by atoms with Gasteiger partial charge in [0, 0.05) is 16.1 Å². The maximum Gasteiger partial charge on any atom is 0.221 e. The molecule has 4 nitrogen and oxygen atoms in total. The van der Waals surface area contributed by atoms with Crippen molar-refractivity contribution in [2.24, 2.45) is 5.73 Å². The van der Waals surface area contributed by atoms with Gasteiger partial charge in [-0.25, -0.2) is 4.68 Å². The lowest BCUT2D eigenvalue weighted by molar-refractivity contribution is -0.117. The maximum atomic E-state index is 11.1. The van der Waals surface area contributed by atoms with Crippen molar-refractivity contribution in [1.82, 2.24) is 9.78 Å². The van der Waals surface area contributed by atoms with Crippen molar-refractivity contribution < 1.29 is 4.79 Å². The molecule has 0 aliphatic rings. The highest BCUT2D eigenvalue weighted by atomic mass is 79.9. The Kier molecular flexibility index (Phi) is 3.28. The van der Waals surface area contributed by atoms with Crippen LogP contribution in [0.5, 0.6) is 0 Å². The van der Waals surface area contributed by atoms with Crippen molar-refractivity contribution in [3.8, 4) is 5.69 Å². The van der Waals surface area contributed by atoms with E-state index in [9.17, 15) is 4.79 Å². The standard InChI is InChI=1S/C15H12BrN3O/c16-12-4-6-13(7-5-12)19-9-11-3-1-2-10(8-14(17)20)15(11)18-19/h1-7,9H,8H2,(H2,17,20). The van der Waals surface area contributed by atoms with E-state index in [1.165, 1.54) is 0 Å². The summed E-state index contributed by atoms with van der Waals surface area (Å²) in [4.78, 5) is 11.1. The van der Waals surface area contributed by atoms with E-state index in [4.69, 9.17) is 5.73 Å². The minimum Gasteiger partial charge on any atom is -0.369 e. The largest absolute Gasteiger partial charge is 0.369 e. The lowest BCUT2D eigenvalue weighted by Crippen LogP contribution is -2.13. The molecule has 0 bridgehead atoms. The Morgan fingerprint density at radius 1 is 1.20 bits per heavy atom. The van der Waals surface area contributed by atoms with E-state index in [0.29, 0.717) is 0 Å². The lowest BCUT2D eigenvalue weighted by atomic mass is 10.1. The summed E-state index contributed by atoms with van der Waals surface area (Å²) in [5.74, 6) is -0.351. The number of benzene rings is 2. The molecule has 0 saturated carbocycles. The Balaban J connectivity index is 2.10. The number of amides is 1. The molecule has 0 spiro atoms. The summed E-state index contributed by atoms with van der Waals surface area (Å²) in [5, 5.41) is 5.55. The Hall–Kier alpha value is -2.14. The van der Waals surface area contributed by atoms with Gasteiger partial charge in [0.25, 0.3) is 0 Å². The van der Waals surface area contributed by atoms with Crippen molar-refractivity contribution in [3.05, 3.63) is 58.7 Å². The summed E-state index contributed by atoms with van der Waals surface area (Å²) in [7, 11) is 0. The fraction of sp³-hybridized carbons (Fsp3) is 0.0667. The molecule has 0 atom stereocenters. The molecule has 0 radical (unpaired) electrons. The normalized spacial score (nSPS) is 10.8. The van der Waals surface area contributed by atoms with E-state index < -0.39 is 0 Å². The highest BCUT2D eigenvalue weighted by Gasteiger charge is 2.09. The second-order valence-electron chi connectivity index (χ2n) is 4.55. The van der Waals surface area contributed by atoms with Crippen LogP contribution in [0.15, 0.2) is 53.1 Å². The van der Waals surface area contributed by atoms with Crippen LogP contribution in [-0.2, 0) is 11.2 Å². The number of nitrogens with two attached hydrogens (primary N) is 1. The molecule has 3 rings (SSSR count). The van der Waals surface area contributed by atoms with Gasteiger partial charge in [-0.2, -0.15) is 5.10 Å². The summed E-state index contributed by atoms with van der Waals surface area (Å²) in [6.07, 6.45) is 2.15. The zero-order chi connectivity index (χ0) is 14.1. The van der Waals surface area contributed by atoms with Gasteiger partial charge < -0.3 is 5.73 Å². The number of primary amides is 1. The van der Waals surface area contributed by atoms with Crippen LogP contribution >= 0.6 is 15.9 Å². The third kappa shape index (κ3) is 2.44. The van der Waals surface area contributed by atoms with E-state index >= 15 is 0 Å². The van der Waals surface area contributed by atoms with Crippen molar-refractivity contribution >= 4 is 32.7 Å². The number of aromatic nitrogens is 2. The number of hydrogen-bond acceptors (Lipinski definition) is 2. The first kappa shape index (κ1) is 12.9. The Labute approximate surface area is 124 Å². The second-order valence-corrected chi connectivity index (χ2v) is 5.46. The monoisotopic (exact) mass is 329 g/mol. The molecule has 0 unspecified atom stereocenters. The summed E-state index contributed by atoms with van der Waals surface area (Å²) in [6.45, 7) is 0. The third-order valence-electron chi connectivity index (χ3n) is 3.08. The minimum atomic E-state index is -0.351. The first-order valence-electron chi connectivity index (χ1n) is 6.15. The number of rotatable bonds is 3. The van der Waals surface area contributed by atoms with Gasteiger partial charge in [-0.1, -0.05) is 34.1 Å². The van der Waals surface area contributed by atoms with Crippen LogP contribution in [0.25, 0.3) is 16.6 Å². The Morgan fingerprint density at radius 3 is 2.65 bits per heavy atom. The van der Waals surface area contributed by atoms with E-state index in [-0.39, 0.29) is 12.3 Å².